The van der Waals surface area contributed by atoms with Crippen molar-refractivity contribution in [2.45, 2.75) is 50.3 Å². The Morgan fingerprint density at radius 1 is 1.04 bits per heavy atom. The summed E-state index contributed by atoms with van der Waals surface area (Å²) in [5.41, 5.74) is 0.475. The van der Waals surface area contributed by atoms with Crippen molar-refractivity contribution in [1.29, 1.82) is 0 Å². The highest BCUT2D eigenvalue weighted by atomic mass is 32.2. The molecular weight excluding hydrogens is 366 g/mol. The van der Waals surface area contributed by atoms with Crippen LogP contribution in [0.2, 0.25) is 0 Å². The Morgan fingerprint density at radius 3 is 2.11 bits per heavy atom. The van der Waals surface area contributed by atoms with Gasteiger partial charge < -0.3 is 9.84 Å². The molecule has 0 aliphatic carbocycles. The highest BCUT2D eigenvalue weighted by Gasteiger charge is 2.36. The van der Waals surface area contributed by atoms with Crippen LogP contribution in [0, 0.1) is 6.92 Å². The molecule has 0 bridgehead atoms. The zero-order valence-corrected chi connectivity index (χ0v) is 16.7. The second-order valence-corrected chi connectivity index (χ2v) is 9.01. The van der Waals surface area contributed by atoms with Crippen LogP contribution in [0.15, 0.2) is 59.5 Å². The number of carbonyl (C=O) groups is 1. The topological polar surface area (TPSA) is 92.7 Å². The van der Waals surface area contributed by atoms with Crippen LogP contribution in [0.1, 0.15) is 38.0 Å². The second kappa shape index (κ2) is 8.21. The van der Waals surface area contributed by atoms with Crippen LogP contribution >= 0.6 is 0 Å². The zero-order chi connectivity index (χ0) is 20.2. The van der Waals surface area contributed by atoms with Gasteiger partial charge in [-0.05, 0) is 45.4 Å². The number of ether oxygens (including phenoxy) is 1. The number of hydrogen-bond acceptors (Lipinski definition) is 5. The molecule has 0 aliphatic rings. The number of esters is 1. The summed E-state index contributed by atoms with van der Waals surface area (Å²) < 4.78 is 33.1. The third kappa shape index (κ3) is 5.89. The van der Waals surface area contributed by atoms with Crippen molar-refractivity contribution in [3.8, 4) is 0 Å². The highest BCUT2D eigenvalue weighted by Crippen LogP contribution is 2.22. The van der Waals surface area contributed by atoms with Gasteiger partial charge >= 0.3 is 5.97 Å². The van der Waals surface area contributed by atoms with E-state index in [1.165, 1.54) is 12.1 Å². The predicted octanol–water partition coefficient (Wildman–Crippen LogP) is 2.72. The number of nitrogens with one attached hydrogen (secondary N) is 1. The average molecular weight is 391 g/mol. The maximum absolute atomic E-state index is 12.7. The SMILES string of the molecule is Cc1ccc(S(=O)(=O)N[C@H](C(=O)OC(C)(C)C)[C@H](O)c2ccccc2)cc1. The molecule has 0 amide bonds. The van der Waals surface area contributed by atoms with E-state index in [-0.39, 0.29) is 4.90 Å². The molecule has 2 N–H and O–H groups in total. The third-order valence-electron chi connectivity index (χ3n) is 3.73. The molecular formula is C20H25NO5S. The summed E-state index contributed by atoms with van der Waals surface area (Å²) in [6.45, 7) is 6.86. The van der Waals surface area contributed by atoms with E-state index in [0.29, 0.717) is 5.56 Å². The Labute approximate surface area is 160 Å². The number of carbonyl (C=O) groups excluding carboxylic acids is 1. The van der Waals surface area contributed by atoms with Gasteiger partial charge in [-0.3, -0.25) is 4.79 Å². The molecule has 0 unspecified atom stereocenters. The number of sulfonamides is 1. The van der Waals surface area contributed by atoms with Gasteiger partial charge in [0.2, 0.25) is 10.0 Å². The van der Waals surface area contributed by atoms with Crippen LogP contribution in [-0.4, -0.2) is 31.1 Å². The lowest BCUT2D eigenvalue weighted by Gasteiger charge is -2.27. The van der Waals surface area contributed by atoms with Gasteiger partial charge in [0.15, 0.2) is 0 Å². The molecule has 2 rings (SSSR count). The molecule has 6 nitrogen and oxygen atoms in total. The summed E-state index contributed by atoms with van der Waals surface area (Å²) in [5, 5.41) is 10.7. The summed E-state index contributed by atoms with van der Waals surface area (Å²) in [5.74, 6) is -0.852. The van der Waals surface area contributed by atoms with Gasteiger partial charge in [-0.25, -0.2) is 8.42 Å². The van der Waals surface area contributed by atoms with E-state index < -0.39 is 33.7 Å². The van der Waals surface area contributed by atoms with Crippen molar-refractivity contribution in [3.05, 3.63) is 65.7 Å². The Balaban J connectivity index is 2.36. The molecule has 0 spiro atoms. The zero-order valence-electron chi connectivity index (χ0n) is 15.8. The number of aliphatic hydroxyl groups is 1. The van der Waals surface area contributed by atoms with Crippen LogP contribution in [0.3, 0.4) is 0 Å². The van der Waals surface area contributed by atoms with Crippen LogP contribution in [-0.2, 0) is 19.6 Å². The Kier molecular flexibility index (Phi) is 6.41. The maximum Gasteiger partial charge on any atom is 0.327 e. The molecule has 0 heterocycles. The molecule has 2 atom stereocenters. The Hall–Kier alpha value is -2.22. The number of benzene rings is 2. The second-order valence-electron chi connectivity index (χ2n) is 7.30. The molecule has 0 aliphatic heterocycles. The van der Waals surface area contributed by atoms with E-state index in [9.17, 15) is 18.3 Å². The first-order valence-electron chi connectivity index (χ1n) is 8.54. The van der Waals surface area contributed by atoms with Gasteiger partial charge in [-0.15, -0.1) is 0 Å². The van der Waals surface area contributed by atoms with Crippen LogP contribution in [0.5, 0.6) is 0 Å². The fourth-order valence-corrected chi connectivity index (χ4v) is 3.59. The quantitative estimate of drug-likeness (QED) is 0.739. The molecule has 0 saturated carbocycles. The van der Waals surface area contributed by atoms with E-state index in [4.69, 9.17) is 4.74 Å². The van der Waals surface area contributed by atoms with Crippen molar-refractivity contribution in [3.63, 3.8) is 0 Å². The van der Waals surface area contributed by atoms with E-state index in [2.05, 4.69) is 4.72 Å². The lowest BCUT2D eigenvalue weighted by molar-refractivity contribution is -0.160. The third-order valence-corrected chi connectivity index (χ3v) is 5.19. The monoisotopic (exact) mass is 391 g/mol. The van der Waals surface area contributed by atoms with Crippen molar-refractivity contribution < 1.29 is 23.1 Å². The Bertz CT molecular complexity index is 871. The molecule has 27 heavy (non-hydrogen) atoms. The summed E-state index contributed by atoms with van der Waals surface area (Å²) >= 11 is 0. The average Bonchev–Trinajstić information content (AvgIpc) is 2.59. The summed E-state index contributed by atoms with van der Waals surface area (Å²) in [6, 6.07) is 13.1. The summed E-state index contributed by atoms with van der Waals surface area (Å²) in [4.78, 5) is 12.6. The van der Waals surface area contributed by atoms with E-state index in [1.54, 1.807) is 63.2 Å². The van der Waals surface area contributed by atoms with Gasteiger partial charge in [0.1, 0.15) is 17.7 Å². The molecule has 0 radical (unpaired) electrons. The normalized spacial score (nSPS) is 14.4. The molecule has 0 fully saturated rings. The van der Waals surface area contributed by atoms with Gasteiger partial charge in [0.25, 0.3) is 0 Å². The molecule has 0 aromatic heterocycles. The summed E-state index contributed by atoms with van der Waals surface area (Å²) in [7, 11) is -4.04. The lowest BCUT2D eigenvalue weighted by Crippen LogP contribution is -2.47. The number of hydrogen-bond donors (Lipinski definition) is 2. The molecule has 7 heteroatoms. The van der Waals surface area contributed by atoms with Crippen molar-refractivity contribution >= 4 is 16.0 Å². The van der Waals surface area contributed by atoms with Crippen molar-refractivity contribution in [2.24, 2.45) is 0 Å². The minimum Gasteiger partial charge on any atom is -0.459 e. The van der Waals surface area contributed by atoms with E-state index >= 15 is 0 Å². The highest BCUT2D eigenvalue weighted by molar-refractivity contribution is 7.89. The fraction of sp³-hybridized carbons (Fsp3) is 0.350. The molecule has 146 valence electrons. The Morgan fingerprint density at radius 2 is 1.59 bits per heavy atom. The largest absolute Gasteiger partial charge is 0.459 e. The van der Waals surface area contributed by atoms with Crippen LogP contribution in [0.4, 0.5) is 0 Å². The predicted molar refractivity (Wildman–Crippen MR) is 103 cm³/mol. The molecule has 0 saturated heterocycles. The van der Waals surface area contributed by atoms with Crippen molar-refractivity contribution in [1.82, 2.24) is 4.72 Å². The van der Waals surface area contributed by atoms with E-state index in [0.717, 1.165) is 5.56 Å². The van der Waals surface area contributed by atoms with Crippen LogP contribution in [0.25, 0.3) is 0 Å². The minimum absolute atomic E-state index is 0.00178. The number of rotatable bonds is 6. The van der Waals surface area contributed by atoms with Gasteiger partial charge in [0.05, 0.1) is 4.90 Å². The van der Waals surface area contributed by atoms with Gasteiger partial charge in [-0.2, -0.15) is 4.72 Å². The smallest absolute Gasteiger partial charge is 0.327 e. The van der Waals surface area contributed by atoms with Gasteiger partial charge in [0, 0.05) is 0 Å². The number of aryl methyl sites for hydroxylation is 1. The van der Waals surface area contributed by atoms with E-state index in [1.807, 2.05) is 6.92 Å². The number of aliphatic hydroxyl groups excluding tert-OH is 1. The standard InChI is InChI=1S/C20H25NO5S/c1-14-10-12-16(13-11-14)27(24,25)21-17(19(23)26-20(2,3)4)18(22)15-8-6-5-7-9-15/h5-13,17-18,21-22H,1-4H3/t17-,18+/m0/s1. The molecule has 2 aromatic carbocycles. The van der Waals surface area contributed by atoms with Crippen LogP contribution < -0.4 is 4.72 Å². The first-order chi connectivity index (χ1) is 12.5. The fourth-order valence-electron chi connectivity index (χ4n) is 2.40. The van der Waals surface area contributed by atoms with Gasteiger partial charge in [-0.1, -0.05) is 48.0 Å². The maximum atomic E-state index is 12.7. The minimum atomic E-state index is -4.04. The molecule has 2 aromatic rings. The summed E-state index contributed by atoms with van der Waals surface area (Å²) in [6.07, 6.45) is -1.40. The van der Waals surface area contributed by atoms with Crippen molar-refractivity contribution in [2.75, 3.05) is 0 Å². The first kappa shape index (κ1) is 21.1. The lowest BCUT2D eigenvalue weighted by atomic mass is 10.0. The first-order valence-corrected chi connectivity index (χ1v) is 10.0.